The Morgan fingerprint density at radius 1 is 0.0820 bits per heavy atom. The first-order chi connectivity index (χ1) is 56.4. The van der Waals surface area contributed by atoms with E-state index in [2.05, 4.69) is 374 Å². The normalized spacial score (nSPS) is 14.1. The third-order valence-corrected chi connectivity index (χ3v) is 40.0. The summed E-state index contributed by atoms with van der Waals surface area (Å²) < 4.78 is 0. The lowest BCUT2D eigenvalue weighted by Gasteiger charge is -2.46. The van der Waals surface area contributed by atoms with Crippen LogP contribution >= 0.6 is 0 Å². The van der Waals surface area contributed by atoms with E-state index in [9.17, 15) is 0 Å². The summed E-state index contributed by atoms with van der Waals surface area (Å²) in [5.74, 6) is 0. The molecule has 0 radical (unpaired) electrons. The van der Waals surface area contributed by atoms with Crippen LogP contribution in [0.1, 0.15) is 695 Å². The summed E-state index contributed by atoms with van der Waals surface area (Å²) in [5, 5.41) is 0. The molecule has 122 heavy (non-hydrogen) atoms. The zero-order valence-corrected chi connectivity index (χ0v) is 98.4. The summed E-state index contributed by atoms with van der Waals surface area (Å²) in [6.45, 7) is 128. The average Bonchev–Trinajstić information content (AvgIpc) is 0.812. The Morgan fingerprint density at radius 3 is 0.270 bits per heavy atom. The zero-order chi connectivity index (χ0) is 98.4. The van der Waals surface area contributed by atoms with Crippen LogP contribution in [0.4, 0.5) is 0 Å². The van der Waals surface area contributed by atoms with E-state index in [1.54, 1.807) is 0 Å². The molecule has 0 aromatic carbocycles. The fraction of sp³-hybridized carbons (Fsp3) is 1.00. The van der Waals surface area contributed by atoms with Gasteiger partial charge >= 0.3 is 0 Å². The Bertz CT molecular complexity index is 2060. The van der Waals surface area contributed by atoms with Crippen molar-refractivity contribution in [3.63, 3.8) is 0 Å². The van der Waals surface area contributed by atoms with Crippen molar-refractivity contribution in [2.75, 3.05) is 0 Å². The van der Waals surface area contributed by atoms with Crippen molar-refractivity contribution in [1.29, 1.82) is 0 Å². The minimum atomic E-state index is 0.480. The Morgan fingerprint density at radius 2 is 0.172 bits per heavy atom. The molecule has 0 aromatic heterocycles. The second-order valence-corrected chi connectivity index (χ2v) is 47.3. The fourth-order valence-corrected chi connectivity index (χ4v) is 21.6. The van der Waals surface area contributed by atoms with E-state index in [1.165, 1.54) is 321 Å². The van der Waals surface area contributed by atoms with E-state index in [0.29, 0.717) is 97.5 Å². The molecule has 0 aliphatic rings. The Hall–Kier alpha value is 0. The molecule has 0 amide bonds. The van der Waals surface area contributed by atoms with Crippen molar-refractivity contribution in [3.05, 3.63) is 0 Å². The molecule has 0 bridgehead atoms. The third-order valence-electron chi connectivity index (χ3n) is 40.0. The zero-order valence-electron chi connectivity index (χ0n) is 98.4. The Balaban J connectivity index is -0.000000173. The van der Waals surface area contributed by atoms with Gasteiger partial charge in [0.15, 0.2) is 0 Å². The molecule has 0 heterocycles. The van der Waals surface area contributed by atoms with Crippen molar-refractivity contribution in [2.24, 2.45) is 97.5 Å². The lowest BCUT2D eigenvalue weighted by atomic mass is 9.59. The van der Waals surface area contributed by atoms with E-state index in [-0.39, 0.29) is 0 Å². The molecule has 0 aliphatic carbocycles. The highest BCUT2D eigenvalue weighted by Gasteiger charge is 2.44. The predicted octanol–water partition coefficient (Wildman–Crippen LogP) is 47.2. The predicted molar refractivity (Wildman–Crippen MR) is 581 cm³/mol. The van der Waals surface area contributed by atoms with Crippen molar-refractivity contribution in [2.45, 2.75) is 695 Å². The summed E-state index contributed by atoms with van der Waals surface area (Å²) in [6, 6.07) is 0. The van der Waals surface area contributed by atoms with Gasteiger partial charge in [-0.05, 0) is 162 Å². The van der Waals surface area contributed by atoms with Crippen LogP contribution in [-0.4, -0.2) is 0 Å². The van der Waals surface area contributed by atoms with Crippen molar-refractivity contribution in [3.8, 4) is 0 Å². The molecular weight excluding hydrogens is 1470 g/mol. The summed E-state index contributed by atoms with van der Waals surface area (Å²) >= 11 is 0. The highest BCUT2D eigenvalue weighted by Crippen LogP contribution is 2.56. The third kappa shape index (κ3) is 54.2. The van der Waals surface area contributed by atoms with Crippen LogP contribution in [0.15, 0.2) is 0 Å². The van der Waals surface area contributed by atoms with Gasteiger partial charge < -0.3 is 0 Å². The van der Waals surface area contributed by atoms with E-state index in [4.69, 9.17) is 0 Å². The second kappa shape index (κ2) is 69.8. The van der Waals surface area contributed by atoms with Crippen LogP contribution in [0.3, 0.4) is 0 Å². The lowest BCUT2D eigenvalue weighted by molar-refractivity contribution is 0.0458. The van der Waals surface area contributed by atoms with Gasteiger partial charge in [0, 0.05) is 0 Å². The number of hydrogen-bond acceptors (Lipinski definition) is 0. The molecule has 0 nitrogen and oxygen atoms in total. The highest BCUT2D eigenvalue weighted by atomic mass is 14.5. The maximum atomic E-state index is 2.57. The molecule has 0 rings (SSSR count). The first kappa shape index (κ1) is 140. The van der Waals surface area contributed by atoms with Crippen LogP contribution in [0.5, 0.6) is 0 Å². The topological polar surface area (TPSA) is 0 Å². The SMILES string of the molecule is CCC.CCC(C)(CC)CC.CCC(C)(CC)CC(C)(CC)CC.CCC(C)(CC)CC(C)(CC)CC(C)(CC)CC.CCC(C)(CC)CC(C)(CC)CC(C)(CC)CC(C)(CC)CC.CCC(C)(CC)CC(CC)(CC)CC.CCC(C)(CC)CC(CC)(CC)CC(C)(CC)CC.CCC(CC)(CC)CC.CCC(CC)(CC)CC(CC)(CC)CC. The van der Waals surface area contributed by atoms with Gasteiger partial charge in [-0.2, -0.15) is 0 Å². The molecule has 0 fully saturated rings. The van der Waals surface area contributed by atoms with Gasteiger partial charge in [-0.15, -0.1) is 0 Å². The standard InChI is InChI=1S/C23H48.C19H40.C18H38.C15H32.C14H30.C13H28.C9H20.C8H18.C3H8/c1-11-20(7,12-2)17-22(9,15-5)19-23(10,16-6)18-21(8,13-3)14-4;1-9-17(7,10-2)15-19(13-5,14-6)16-18(8,11-3)12-4;1-9-16(6,10-2)14-18(8,13-5)15-17(7,11-3)12-4;1-7-14(8-2,9-3)13-15(10-4,11-5)12-6;1-7-13(6,8-2)12-14(9-3,10-4)11-5;1-7-12(5,8-2)11-13(6,9-3)10-4;1-5-9(6-2,7-3)8-4;1-5-8(4,6-2)7-3;1-3-2/h11-19H2,1-10H3;9-16H2,1-8H3;9-15H2,1-8H3;7-13H2,1-6H3;7-12H2,1-6H3;7-11H2,1-6H3;5-8H2,1-4H3;5-7H2,1-4H3;3H2,1-2H3. The second-order valence-electron chi connectivity index (χ2n) is 47.3. The van der Waals surface area contributed by atoms with Gasteiger partial charge in [0.25, 0.3) is 0 Å². The molecule has 0 aromatic rings. The van der Waals surface area contributed by atoms with Crippen molar-refractivity contribution < 1.29 is 0 Å². The number of hydrogen-bond donors (Lipinski definition) is 0. The monoisotopic (exact) mass is 1730 g/mol. The van der Waals surface area contributed by atoms with Gasteiger partial charge in [0.1, 0.15) is 0 Å². The van der Waals surface area contributed by atoms with Gasteiger partial charge in [-0.3, -0.25) is 0 Å². The van der Waals surface area contributed by atoms with E-state index in [1.807, 2.05) is 0 Å². The molecule has 0 N–H and O–H groups in total. The first-order valence-electron chi connectivity index (χ1n) is 56.4. The van der Waals surface area contributed by atoms with Crippen LogP contribution in [0, 0.1) is 97.5 Å². The van der Waals surface area contributed by atoms with Gasteiger partial charge in [-0.25, -0.2) is 0 Å². The van der Waals surface area contributed by atoms with E-state index < -0.39 is 0 Å². The molecule has 0 saturated heterocycles. The minimum Gasteiger partial charge on any atom is -0.0656 e. The molecule has 750 valence electrons. The average molecular weight is 1730 g/mol. The van der Waals surface area contributed by atoms with E-state index >= 15 is 0 Å². The van der Waals surface area contributed by atoms with Gasteiger partial charge in [-0.1, -0.05) is 631 Å². The van der Waals surface area contributed by atoms with Crippen LogP contribution < -0.4 is 0 Å². The Kier molecular flexibility index (Phi) is 80.0. The molecule has 0 spiro atoms. The summed E-state index contributed by atoms with van der Waals surface area (Å²) in [7, 11) is 0. The van der Waals surface area contributed by atoms with Crippen LogP contribution in [0.2, 0.25) is 0 Å². The highest BCUT2D eigenvalue weighted by molar-refractivity contribution is 4.95. The maximum absolute atomic E-state index is 2.57. The Labute approximate surface area is 787 Å². The molecule has 0 saturated carbocycles. The summed E-state index contributed by atoms with van der Waals surface area (Å²) in [4.78, 5) is 0. The number of rotatable bonds is 59. The van der Waals surface area contributed by atoms with Crippen molar-refractivity contribution in [1.82, 2.24) is 0 Å². The van der Waals surface area contributed by atoms with Crippen LogP contribution in [0.25, 0.3) is 0 Å². The van der Waals surface area contributed by atoms with Gasteiger partial charge in [0.2, 0.25) is 0 Å². The summed E-state index contributed by atoms with van der Waals surface area (Å²) in [6.07, 6.45) is 67.0. The van der Waals surface area contributed by atoms with E-state index in [0.717, 1.165) is 0 Å². The van der Waals surface area contributed by atoms with Gasteiger partial charge in [0.05, 0.1) is 0 Å². The molecule has 0 heteroatoms. The quantitative estimate of drug-likeness (QED) is 0.0569. The molecule has 2 unspecified atom stereocenters. The minimum absolute atomic E-state index is 0.480. The molecule has 0 aliphatic heterocycles. The first-order valence-corrected chi connectivity index (χ1v) is 56.4. The summed E-state index contributed by atoms with van der Waals surface area (Å²) in [5.41, 5.74) is 10.0. The molecular formula is C122H262. The largest absolute Gasteiger partial charge is 0.0656 e. The lowest BCUT2D eigenvalue weighted by Crippen LogP contribution is -2.35. The smallest absolute Gasteiger partial charge is 0.0292 e. The van der Waals surface area contributed by atoms with Crippen LogP contribution in [-0.2, 0) is 0 Å². The fourth-order valence-electron chi connectivity index (χ4n) is 21.6. The van der Waals surface area contributed by atoms with Crippen molar-refractivity contribution >= 4 is 0 Å². The maximum Gasteiger partial charge on any atom is -0.0292 e. The molecule has 2 atom stereocenters.